The number of ether oxygens (including phenoxy) is 1. The molecule has 2 rings (SSSR count). The van der Waals surface area contributed by atoms with E-state index < -0.39 is 0 Å². The first-order valence-corrected chi connectivity index (χ1v) is 7.81. The lowest BCUT2D eigenvalue weighted by Gasteiger charge is -2.26. The molecule has 1 amide bonds. The van der Waals surface area contributed by atoms with Crippen LogP contribution < -0.4 is 5.32 Å². The van der Waals surface area contributed by atoms with E-state index in [1.54, 1.807) is 18.2 Å². The molecule has 0 unspecified atom stereocenters. The smallest absolute Gasteiger partial charge is 0.255 e. The van der Waals surface area contributed by atoms with Crippen LogP contribution in [0.5, 0.6) is 5.75 Å². The molecule has 6 heteroatoms. The summed E-state index contributed by atoms with van der Waals surface area (Å²) in [5, 5.41) is 12.5. The maximum atomic E-state index is 12.0. The SMILES string of the molecule is O=C(NCCCN1CCOCC1)c1cc(I)ccc1O. The van der Waals surface area contributed by atoms with Crippen molar-refractivity contribution < 1.29 is 14.6 Å². The second-order valence-electron chi connectivity index (χ2n) is 4.72. The van der Waals surface area contributed by atoms with Gasteiger partial charge in [0.05, 0.1) is 18.8 Å². The van der Waals surface area contributed by atoms with E-state index in [4.69, 9.17) is 4.74 Å². The van der Waals surface area contributed by atoms with Gasteiger partial charge in [0.15, 0.2) is 0 Å². The van der Waals surface area contributed by atoms with Crippen LogP contribution in [0.1, 0.15) is 16.8 Å². The van der Waals surface area contributed by atoms with E-state index in [-0.39, 0.29) is 11.7 Å². The van der Waals surface area contributed by atoms with Gasteiger partial charge in [-0.3, -0.25) is 9.69 Å². The minimum Gasteiger partial charge on any atom is -0.507 e. The van der Waals surface area contributed by atoms with Crippen LogP contribution in [-0.2, 0) is 4.74 Å². The zero-order chi connectivity index (χ0) is 14.4. The molecule has 20 heavy (non-hydrogen) atoms. The summed E-state index contributed by atoms with van der Waals surface area (Å²) in [6.45, 7) is 5.09. The van der Waals surface area contributed by atoms with Crippen LogP contribution >= 0.6 is 22.6 Å². The lowest BCUT2D eigenvalue weighted by molar-refractivity contribution is 0.0374. The molecule has 0 spiro atoms. The van der Waals surface area contributed by atoms with Crippen LogP contribution in [0.2, 0.25) is 0 Å². The van der Waals surface area contributed by atoms with Crippen molar-refractivity contribution in [1.82, 2.24) is 10.2 Å². The zero-order valence-electron chi connectivity index (χ0n) is 11.3. The Balaban J connectivity index is 1.73. The van der Waals surface area contributed by atoms with Crippen LogP contribution in [-0.4, -0.2) is 55.3 Å². The number of benzene rings is 1. The van der Waals surface area contributed by atoms with Gasteiger partial charge in [-0.15, -0.1) is 0 Å². The van der Waals surface area contributed by atoms with E-state index in [0.29, 0.717) is 12.1 Å². The average molecular weight is 390 g/mol. The molecule has 1 heterocycles. The van der Waals surface area contributed by atoms with Crippen LogP contribution in [0.25, 0.3) is 0 Å². The molecule has 0 bridgehead atoms. The van der Waals surface area contributed by atoms with E-state index in [1.807, 2.05) is 0 Å². The maximum absolute atomic E-state index is 12.0. The highest BCUT2D eigenvalue weighted by Gasteiger charge is 2.12. The fourth-order valence-corrected chi connectivity index (χ4v) is 2.61. The molecule has 0 aromatic heterocycles. The van der Waals surface area contributed by atoms with E-state index in [2.05, 4.69) is 32.8 Å². The summed E-state index contributed by atoms with van der Waals surface area (Å²) in [6.07, 6.45) is 0.899. The van der Waals surface area contributed by atoms with Crippen molar-refractivity contribution in [2.24, 2.45) is 0 Å². The molecule has 5 nitrogen and oxygen atoms in total. The number of carbonyl (C=O) groups is 1. The Morgan fingerprint density at radius 2 is 2.15 bits per heavy atom. The number of nitrogens with zero attached hydrogens (tertiary/aromatic N) is 1. The summed E-state index contributed by atoms with van der Waals surface area (Å²) >= 11 is 2.12. The minimum absolute atomic E-state index is 0.0242. The fraction of sp³-hybridized carbons (Fsp3) is 0.500. The number of rotatable bonds is 5. The second-order valence-corrected chi connectivity index (χ2v) is 5.97. The summed E-state index contributed by atoms with van der Waals surface area (Å²) in [4.78, 5) is 14.3. The first kappa shape index (κ1) is 15.5. The highest BCUT2D eigenvalue weighted by atomic mass is 127. The number of aromatic hydroxyl groups is 1. The molecular formula is C14H19IN2O3. The molecule has 1 aliphatic heterocycles. The van der Waals surface area contributed by atoms with Crippen molar-refractivity contribution in [3.05, 3.63) is 27.3 Å². The predicted octanol–water partition coefficient (Wildman–Crippen LogP) is 1.45. The molecule has 1 saturated heterocycles. The first-order valence-electron chi connectivity index (χ1n) is 6.73. The van der Waals surface area contributed by atoms with Gasteiger partial charge < -0.3 is 15.2 Å². The van der Waals surface area contributed by atoms with Crippen LogP contribution in [0.4, 0.5) is 0 Å². The Labute approximate surface area is 132 Å². The van der Waals surface area contributed by atoms with Crippen molar-refractivity contribution in [2.45, 2.75) is 6.42 Å². The highest BCUT2D eigenvalue weighted by Crippen LogP contribution is 2.19. The van der Waals surface area contributed by atoms with Crippen molar-refractivity contribution >= 4 is 28.5 Å². The number of halogens is 1. The topological polar surface area (TPSA) is 61.8 Å². The Bertz CT molecular complexity index is 462. The third kappa shape index (κ3) is 4.60. The first-order chi connectivity index (χ1) is 9.66. The number of nitrogens with one attached hydrogen (secondary N) is 1. The number of carbonyl (C=O) groups excluding carboxylic acids is 1. The Morgan fingerprint density at radius 3 is 2.90 bits per heavy atom. The van der Waals surface area contributed by atoms with Crippen LogP contribution in [0.3, 0.4) is 0 Å². The molecule has 0 saturated carbocycles. The third-order valence-corrected chi connectivity index (χ3v) is 3.91. The van der Waals surface area contributed by atoms with Gasteiger partial charge in [-0.1, -0.05) is 0 Å². The summed E-state index contributed by atoms with van der Waals surface area (Å²) in [6, 6.07) is 5.00. The monoisotopic (exact) mass is 390 g/mol. The molecule has 110 valence electrons. The van der Waals surface area contributed by atoms with Gasteiger partial charge in [0.1, 0.15) is 5.75 Å². The standard InChI is InChI=1S/C14H19IN2O3/c15-11-2-3-13(18)12(10-11)14(19)16-4-1-5-17-6-8-20-9-7-17/h2-3,10,18H,1,4-9H2,(H,16,19). The lowest BCUT2D eigenvalue weighted by Crippen LogP contribution is -2.38. The number of phenols is 1. The third-order valence-electron chi connectivity index (χ3n) is 3.24. The Morgan fingerprint density at radius 1 is 1.40 bits per heavy atom. The fourth-order valence-electron chi connectivity index (χ4n) is 2.11. The average Bonchev–Trinajstić information content (AvgIpc) is 2.47. The van der Waals surface area contributed by atoms with Gasteiger partial charge in [0.25, 0.3) is 5.91 Å². The van der Waals surface area contributed by atoms with Gasteiger partial charge >= 0.3 is 0 Å². The van der Waals surface area contributed by atoms with Crippen molar-refractivity contribution in [2.75, 3.05) is 39.4 Å². The number of morpholine rings is 1. The van der Waals surface area contributed by atoms with E-state index >= 15 is 0 Å². The van der Waals surface area contributed by atoms with Crippen molar-refractivity contribution in [3.63, 3.8) is 0 Å². The number of hydrogen-bond acceptors (Lipinski definition) is 4. The van der Waals surface area contributed by atoms with Crippen molar-refractivity contribution in [1.29, 1.82) is 0 Å². The van der Waals surface area contributed by atoms with E-state index in [1.165, 1.54) is 0 Å². The maximum Gasteiger partial charge on any atom is 0.255 e. The normalized spacial score (nSPS) is 16.1. The van der Waals surface area contributed by atoms with E-state index in [0.717, 1.165) is 42.8 Å². The molecule has 1 aromatic carbocycles. The molecule has 0 atom stereocenters. The van der Waals surface area contributed by atoms with Gasteiger partial charge in [-0.2, -0.15) is 0 Å². The molecule has 1 aliphatic rings. The van der Waals surface area contributed by atoms with Crippen LogP contribution in [0, 0.1) is 3.57 Å². The van der Waals surface area contributed by atoms with Gasteiger partial charge in [-0.05, 0) is 53.8 Å². The lowest BCUT2D eigenvalue weighted by atomic mass is 10.2. The van der Waals surface area contributed by atoms with Gasteiger partial charge in [0.2, 0.25) is 0 Å². The number of phenolic OH excluding ortho intramolecular Hbond substituents is 1. The molecule has 2 N–H and O–H groups in total. The molecule has 0 aliphatic carbocycles. The minimum atomic E-state index is -0.219. The van der Waals surface area contributed by atoms with Gasteiger partial charge in [0, 0.05) is 23.2 Å². The van der Waals surface area contributed by atoms with E-state index in [9.17, 15) is 9.90 Å². The molecule has 1 aromatic rings. The summed E-state index contributed by atoms with van der Waals surface area (Å²) in [5.41, 5.74) is 0.336. The Kier molecular flexibility index (Phi) is 6.06. The second kappa shape index (κ2) is 7.80. The van der Waals surface area contributed by atoms with Crippen molar-refractivity contribution in [3.8, 4) is 5.75 Å². The molecular weight excluding hydrogens is 371 g/mol. The quantitative estimate of drug-likeness (QED) is 0.590. The predicted molar refractivity (Wildman–Crippen MR) is 85.0 cm³/mol. The summed E-state index contributed by atoms with van der Waals surface area (Å²) < 4.78 is 6.22. The Hall–Kier alpha value is -0.860. The number of amides is 1. The molecule has 1 fully saturated rings. The summed E-state index contributed by atoms with van der Waals surface area (Å²) in [5.74, 6) is -0.195. The summed E-state index contributed by atoms with van der Waals surface area (Å²) in [7, 11) is 0. The van der Waals surface area contributed by atoms with Crippen LogP contribution in [0.15, 0.2) is 18.2 Å². The number of hydrogen-bond donors (Lipinski definition) is 2. The zero-order valence-corrected chi connectivity index (χ0v) is 13.4. The molecule has 0 radical (unpaired) electrons. The largest absolute Gasteiger partial charge is 0.507 e. The highest BCUT2D eigenvalue weighted by molar-refractivity contribution is 14.1. The van der Waals surface area contributed by atoms with Gasteiger partial charge in [-0.25, -0.2) is 0 Å².